The largest absolute Gasteiger partial charge is 0.272 e. The quantitative estimate of drug-likeness (QED) is 0.336. The van der Waals surface area contributed by atoms with E-state index in [1.807, 2.05) is 28.8 Å². The molecule has 0 saturated carbocycles. The Morgan fingerprint density at radius 3 is 2.47 bits per heavy atom. The zero-order chi connectivity index (χ0) is 23.2. The van der Waals surface area contributed by atoms with Crippen LogP contribution in [0.4, 0.5) is 5.69 Å². The molecule has 1 aliphatic carbocycles. The molecule has 0 saturated heterocycles. The first-order valence-electron chi connectivity index (χ1n) is 11.0. The molecule has 7 heteroatoms. The zero-order valence-corrected chi connectivity index (χ0v) is 18.9. The Kier molecular flexibility index (Phi) is 4.85. The van der Waals surface area contributed by atoms with E-state index in [4.69, 9.17) is 4.99 Å². The number of thiazole rings is 1. The molecule has 0 bridgehead atoms. The molecule has 34 heavy (non-hydrogen) atoms. The second kappa shape index (κ2) is 8.04. The number of nitrogens with zero attached hydrogens (tertiary/aromatic N) is 3. The molecule has 0 N–H and O–H groups in total. The molecule has 0 radical (unpaired) electrons. The van der Waals surface area contributed by atoms with Crippen LogP contribution in [0.3, 0.4) is 0 Å². The summed E-state index contributed by atoms with van der Waals surface area (Å²) in [5.74, 6) is 0. The number of aryl methyl sites for hydroxylation is 1. The van der Waals surface area contributed by atoms with Crippen molar-refractivity contribution in [2.45, 2.75) is 18.9 Å². The van der Waals surface area contributed by atoms with Gasteiger partial charge in [-0.2, -0.15) is 0 Å². The van der Waals surface area contributed by atoms with E-state index in [2.05, 4.69) is 30.3 Å². The summed E-state index contributed by atoms with van der Waals surface area (Å²) < 4.78 is 2.37. The predicted octanol–water partition coefficient (Wildman–Crippen LogP) is 4.23. The van der Waals surface area contributed by atoms with Crippen LogP contribution < -0.4 is 14.9 Å². The highest BCUT2D eigenvalue weighted by Gasteiger charge is 2.32. The third-order valence-corrected chi connectivity index (χ3v) is 7.37. The van der Waals surface area contributed by atoms with Crippen LogP contribution in [0.15, 0.2) is 94.2 Å². The third kappa shape index (κ3) is 3.33. The minimum Gasteiger partial charge on any atom is -0.272 e. The molecular formula is C27H19N3O3S. The van der Waals surface area contributed by atoms with Crippen molar-refractivity contribution in [3.05, 3.63) is 136 Å². The van der Waals surface area contributed by atoms with Crippen LogP contribution in [0.2, 0.25) is 0 Å². The lowest BCUT2D eigenvalue weighted by Crippen LogP contribution is -2.38. The lowest BCUT2D eigenvalue weighted by atomic mass is 9.83. The van der Waals surface area contributed by atoms with Crippen molar-refractivity contribution in [3.8, 4) is 0 Å². The fourth-order valence-electron chi connectivity index (χ4n) is 4.80. The summed E-state index contributed by atoms with van der Waals surface area (Å²) in [5.41, 5.74) is 6.28. The zero-order valence-electron chi connectivity index (χ0n) is 18.0. The molecule has 6 rings (SSSR count). The molecule has 0 fully saturated rings. The molecule has 4 aromatic rings. The highest BCUT2D eigenvalue weighted by Crippen LogP contribution is 2.41. The van der Waals surface area contributed by atoms with Crippen molar-refractivity contribution >= 4 is 28.8 Å². The predicted molar refractivity (Wildman–Crippen MR) is 132 cm³/mol. The number of non-ortho nitro benzene ring substituents is 1. The second-order valence-electron chi connectivity index (χ2n) is 8.37. The number of aromatic nitrogens is 1. The van der Waals surface area contributed by atoms with Gasteiger partial charge in [0.15, 0.2) is 4.80 Å². The Labute approximate surface area is 198 Å². The average Bonchev–Trinajstić information content (AvgIpc) is 3.18. The molecule has 0 amide bonds. The fourth-order valence-corrected chi connectivity index (χ4v) is 5.80. The van der Waals surface area contributed by atoms with Gasteiger partial charge in [-0.3, -0.25) is 19.5 Å². The second-order valence-corrected chi connectivity index (χ2v) is 9.38. The van der Waals surface area contributed by atoms with Crippen molar-refractivity contribution in [3.63, 3.8) is 0 Å². The summed E-state index contributed by atoms with van der Waals surface area (Å²) in [6.45, 7) is 0. The fraction of sp³-hybridized carbons (Fsp3) is 0.111. The van der Waals surface area contributed by atoms with Crippen LogP contribution in [0.1, 0.15) is 34.7 Å². The van der Waals surface area contributed by atoms with Crippen molar-refractivity contribution < 1.29 is 4.92 Å². The number of allylic oxidation sites excluding steroid dienone is 1. The van der Waals surface area contributed by atoms with Gasteiger partial charge in [0.05, 0.1) is 21.2 Å². The first kappa shape index (κ1) is 20.5. The van der Waals surface area contributed by atoms with Crippen LogP contribution in [-0.2, 0) is 6.42 Å². The molecule has 2 heterocycles. The van der Waals surface area contributed by atoms with Crippen molar-refractivity contribution in [2.75, 3.05) is 0 Å². The normalized spacial score (nSPS) is 16.9. The van der Waals surface area contributed by atoms with Crippen molar-refractivity contribution in [1.82, 2.24) is 4.57 Å². The van der Waals surface area contributed by atoms with Gasteiger partial charge in [-0.1, -0.05) is 65.9 Å². The maximum Gasteiger partial charge on any atom is 0.271 e. The topological polar surface area (TPSA) is 77.5 Å². The van der Waals surface area contributed by atoms with Gasteiger partial charge >= 0.3 is 0 Å². The number of benzene rings is 3. The number of rotatable bonds is 3. The molecule has 1 aromatic heterocycles. The molecular weight excluding hydrogens is 446 g/mol. The van der Waals surface area contributed by atoms with Crippen molar-refractivity contribution in [2.24, 2.45) is 4.99 Å². The maximum absolute atomic E-state index is 13.6. The number of hydrogen-bond donors (Lipinski definition) is 0. The summed E-state index contributed by atoms with van der Waals surface area (Å²) in [7, 11) is 0. The number of fused-ring (bicyclic) bond motifs is 3. The van der Waals surface area contributed by atoms with Crippen LogP contribution in [0, 0.1) is 10.1 Å². The molecule has 1 unspecified atom stereocenters. The van der Waals surface area contributed by atoms with Gasteiger partial charge in [0.1, 0.15) is 0 Å². The van der Waals surface area contributed by atoms with Gasteiger partial charge in [-0.15, -0.1) is 0 Å². The Balaban J connectivity index is 1.58. The first-order valence-corrected chi connectivity index (χ1v) is 11.8. The van der Waals surface area contributed by atoms with Gasteiger partial charge in [0, 0.05) is 17.7 Å². The summed E-state index contributed by atoms with van der Waals surface area (Å²) >= 11 is 1.36. The minimum atomic E-state index is -0.431. The summed E-state index contributed by atoms with van der Waals surface area (Å²) in [6.07, 6.45) is 3.55. The average molecular weight is 466 g/mol. The van der Waals surface area contributed by atoms with Gasteiger partial charge in [0.25, 0.3) is 11.2 Å². The summed E-state index contributed by atoms with van der Waals surface area (Å²) in [6, 6.07) is 24.5. The lowest BCUT2D eigenvalue weighted by molar-refractivity contribution is -0.384. The van der Waals surface area contributed by atoms with E-state index in [-0.39, 0.29) is 17.3 Å². The van der Waals surface area contributed by atoms with E-state index in [1.165, 1.54) is 34.6 Å². The molecule has 166 valence electrons. The van der Waals surface area contributed by atoms with Gasteiger partial charge in [-0.05, 0) is 53.3 Å². The SMILES string of the molecule is O=c1c(=Cc2ccc([N+](=O)[O-])cc2)sc2n1C(c1ccccc1)C1=C(N=2)c2ccccc2CC1. The van der Waals surface area contributed by atoms with Crippen LogP contribution in [-0.4, -0.2) is 9.49 Å². The Hall–Kier alpha value is -4.10. The Morgan fingerprint density at radius 1 is 0.971 bits per heavy atom. The van der Waals surface area contributed by atoms with Gasteiger partial charge in [0.2, 0.25) is 0 Å². The lowest BCUT2D eigenvalue weighted by Gasteiger charge is -2.30. The van der Waals surface area contributed by atoms with E-state index in [1.54, 1.807) is 18.2 Å². The first-order chi connectivity index (χ1) is 16.6. The standard InChI is InChI=1S/C27H19N3O3S/c31-26-23(16-17-10-13-20(14-11-17)30(32)33)34-27-28-24-21-9-5-4-6-18(21)12-15-22(24)25(29(26)27)19-7-2-1-3-8-19/h1-11,13-14,16,25H,12,15H2. The van der Waals surface area contributed by atoms with Crippen LogP contribution in [0.25, 0.3) is 11.8 Å². The highest BCUT2D eigenvalue weighted by molar-refractivity contribution is 7.07. The smallest absolute Gasteiger partial charge is 0.271 e. The van der Waals surface area contributed by atoms with Gasteiger partial charge in [-0.25, -0.2) is 4.99 Å². The Bertz CT molecular complexity index is 1650. The molecule has 1 atom stereocenters. The maximum atomic E-state index is 13.6. The molecule has 3 aromatic carbocycles. The third-order valence-electron chi connectivity index (χ3n) is 6.39. The summed E-state index contributed by atoms with van der Waals surface area (Å²) in [5, 5.41) is 11.0. The van der Waals surface area contributed by atoms with E-state index in [0.29, 0.717) is 9.33 Å². The van der Waals surface area contributed by atoms with E-state index in [9.17, 15) is 14.9 Å². The Morgan fingerprint density at radius 2 is 1.71 bits per heavy atom. The molecule has 1 aliphatic heterocycles. The van der Waals surface area contributed by atoms with Crippen molar-refractivity contribution in [1.29, 1.82) is 0 Å². The van der Waals surface area contributed by atoms with Crippen LogP contribution in [0.5, 0.6) is 0 Å². The van der Waals surface area contributed by atoms with E-state index < -0.39 is 4.92 Å². The van der Waals surface area contributed by atoms with Gasteiger partial charge < -0.3 is 0 Å². The summed E-state index contributed by atoms with van der Waals surface area (Å²) in [4.78, 5) is 29.8. The number of hydrogen-bond acceptors (Lipinski definition) is 5. The molecule has 0 spiro atoms. The van der Waals surface area contributed by atoms with E-state index in [0.717, 1.165) is 35.2 Å². The highest BCUT2D eigenvalue weighted by atomic mass is 32.1. The number of nitro benzene ring substituents is 1. The molecule has 6 nitrogen and oxygen atoms in total. The molecule has 2 aliphatic rings. The monoisotopic (exact) mass is 465 g/mol. The minimum absolute atomic E-state index is 0.0222. The van der Waals surface area contributed by atoms with Crippen LogP contribution >= 0.6 is 11.3 Å². The number of nitro groups is 1. The van der Waals surface area contributed by atoms with E-state index >= 15 is 0 Å².